The van der Waals surface area contributed by atoms with Crippen molar-refractivity contribution in [1.29, 1.82) is 0 Å². The molecule has 0 saturated heterocycles. The summed E-state index contributed by atoms with van der Waals surface area (Å²) in [6.07, 6.45) is 3.82. The maximum absolute atomic E-state index is 12.4. The van der Waals surface area contributed by atoms with Gasteiger partial charge < -0.3 is 19.7 Å². The van der Waals surface area contributed by atoms with Gasteiger partial charge in [0.15, 0.2) is 0 Å². The molecular formula is C20H18N2O4. The topological polar surface area (TPSA) is 80.6 Å². The summed E-state index contributed by atoms with van der Waals surface area (Å²) in [5.41, 5.74) is 2.28. The number of hydrogen-bond donors (Lipinski definition) is 2. The van der Waals surface area contributed by atoms with Crippen molar-refractivity contribution in [1.82, 2.24) is 9.88 Å². The molecule has 3 rings (SSSR count). The Hall–Kier alpha value is -3.54. The van der Waals surface area contributed by atoms with Gasteiger partial charge in [0.1, 0.15) is 11.3 Å². The first kappa shape index (κ1) is 17.3. The van der Waals surface area contributed by atoms with Crippen LogP contribution >= 0.6 is 0 Å². The predicted molar refractivity (Wildman–Crippen MR) is 96.9 cm³/mol. The highest BCUT2D eigenvalue weighted by Crippen LogP contribution is 2.20. The molecule has 2 aromatic carbocycles. The van der Waals surface area contributed by atoms with E-state index in [4.69, 9.17) is 9.84 Å². The van der Waals surface area contributed by atoms with E-state index in [0.29, 0.717) is 5.56 Å². The summed E-state index contributed by atoms with van der Waals surface area (Å²) < 4.78 is 7.02. The number of amides is 1. The van der Waals surface area contributed by atoms with Crippen LogP contribution in [-0.4, -0.2) is 28.7 Å². The number of carbonyl (C=O) groups excluding carboxylic acids is 1. The fraction of sp³-hybridized carbons (Fsp3) is 0.100. The molecule has 3 aromatic rings. The summed E-state index contributed by atoms with van der Waals surface area (Å²) in [5, 5.41) is 11.9. The average Bonchev–Trinajstić information content (AvgIpc) is 3.20. The van der Waals surface area contributed by atoms with Crippen molar-refractivity contribution >= 4 is 11.9 Å². The molecule has 2 N–H and O–H groups in total. The fourth-order valence-corrected chi connectivity index (χ4v) is 2.62. The lowest BCUT2D eigenvalue weighted by atomic mass is 10.1. The lowest BCUT2D eigenvalue weighted by Gasteiger charge is -2.10. The first-order valence-corrected chi connectivity index (χ1v) is 8.00. The number of methoxy groups -OCH3 is 1. The fourth-order valence-electron chi connectivity index (χ4n) is 2.62. The van der Waals surface area contributed by atoms with Crippen LogP contribution in [0.25, 0.3) is 5.69 Å². The number of aromatic carboxylic acids is 1. The minimum atomic E-state index is -1.06. The summed E-state index contributed by atoms with van der Waals surface area (Å²) >= 11 is 0. The molecule has 0 aliphatic rings. The van der Waals surface area contributed by atoms with Crippen molar-refractivity contribution in [3.8, 4) is 11.4 Å². The van der Waals surface area contributed by atoms with Crippen molar-refractivity contribution in [2.45, 2.75) is 6.54 Å². The summed E-state index contributed by atoms with van der Waals surface area (Å²) in [6.45, 7) is 0.267. The van der Waals surface area contributed by atoms with Gasteiger partial charge in [-0.1, -0.05) is 12.1 Å². The van der Waals surface area contributed by atoms with E-state index < -0.39 is 5.97 Å². The first-order chi connectivity index (χ1) is 12.6. The second-order valence-electron chi connectivity index (χ2n) is 5.66. The molecule has 0 atom stereocenters. The SMILES string of the molecule is COc1cc(CNC(=O)c2cccc(-n3cccc3)c2)ccc1C(=O)O. The van der Waals surface area contributed by atoms with E-state index in [1.54, 1.807) is 18.2 Å². The third-order valence-electron chi connectivity index (χ3n) is 3.96. The van der Waals surface area contributed by atoms with E-state index in [1.165, 1.54) is 13.2 Å². The Kier molecular flexibility index (Phi) is 5.03. The molecule has 132 valence electrons. The molecule has 6 heteroatoms. The number of carboxylic acid groups (broad SMARTS) is 1. The van der Waals surface area contributed by atoms with Crippen LogP contribution in [0.1, 0.15) is 26.3 Å². The normalized spacial score (nSPS) is 10.3. The van der Waals surface area contributed by atoms with Crippen LogP contribution in [-0.2, 0) is 6.54 Å². The molecule has 0 aliphatic carbocycles. The van der Waals surface area contributed by atoms with Gasteiger partial charge in [0.2, 0.25) is 0 Å². The number of ether oxygens (including phenoxy) is 1. The number of rotatable bonds is 6. The van der Waals surface area contributed by atoms with E-state index in [9.17, 15) is 9.59 Å². The van der Waals surface area contributed by atoms with Gasteiger partial charge in [0.05, 0.1) is 7.11 Å². The third-order valence-corrected chi connectivity index (χ3v) is 3.96. The smallest absolute Gasteiger partial charge is 0.339 e. The molecule has 0 spiro atoms. The van der Waals surface area contributed by atoms with Crippen LogP contribution in [0.5, 0.6) is 5.75 Å². The molecule has 26 heavy (non-hydrogen) atoms. The van der Waals surface area contributed by atoms with Crippen LogP contribution in [0.4, 0.5) is 0 Å². The molecule has 1 aromatic heterocycles. The van der Waals surface area contributed by atoms with E-state index in [-0.39, 0.29) is 23.8 Å². The summed E-state index contributed by atoms with van der Waals surface area (Å²) in [7, 11) is 1.41. The second kappa shape index (κ2) is 7.57. The predicted octanol–water partition coefficient (Wildman–Crippen LogP) is 3.11. The Morgan fingerprint density at radius 3 is 2.54 bits per heavy atom. The molecule has 0 saturated carbocycles. The van der Waals surface area contributed by atoms with Gasteiger partial charge in [-0.15, -0.1) is 0 Å². The zero-order valence-corrected chi connectivity index (χ0v) is 14.2. The summed E-state index contributed by atoms with van der Waals surface area (Å²) in [4.78, 5) is 23.5. The molecular weight excluding hydrogens is 332 g/mol. The maximum atomic E-state index is 12.4. The van der Waals surface area contributed by atoms with Crippen molar-refractivity contribution in [2.75, 3.05) is 7.11 Å². The van der Waals surface area contributed by atoms with Crippen LogP contribution < -0.4 is 10.1 Å². The monoisotopic (exact) mass is 350 g/mol. The van der Waals surface area contributed by atoms with Gasteiger partial charge in [0.25, 0.3) is 5.91 Å². The third kappa shape index (κ3) is 3.75. The minimum Gasteiger partial charge on any atom is -0.496 e. The summed E-state index contributed by atoms with van der Waals surface area (Å²) in [6, 6.07) is 15.9. The van der Waals surface area contributed by atoms with Crippen LogP contribution in [0.15, 0.2) is 67.0 Å². The average molecular weight is 350 g/mol. The minimum absolute atomic E-state index is 0.0852. The van der Waals surface area contributed by atoms with Crippen molar-refractivity contribution in [2.24, 2.45) is 0 Å². The highest BCUT2D eigenvalue weighted by molar-refractivity contribution is 5.94. The lowest BCUT2D eigenvalue weighted by molar-refractivity contribution is 0.0693. The Morgan fingerprint density at radius 1 is 1.08 bits per heavy atom. The van der Waals surface area contributed by atoms with Gasteiger partial charge in [-0.05, 0) is 48.0 Å². The van der Waals surface area contributed by atoms with Crippen molar-refractivity contribution in [3.05, 3.63) is 83.7 Å². The number of hydrogen-bond acceptors (Lipinski definition) is 3. The number of nitrogens with zero attached hydrogens (tertiary/aromatic N) is 1. The number of aromatic nitrogens is 1. The molecule has 1 heterocycles. The van der Waals surface area contributed by atoms with E-state index in [1.807, 2.05) is 47.3 Å². The molecule has 6 nitrogen and oxygen atoms in total. The quantitative estimate of drug-likeness (QED) is 0.716. The van der Waals surface area contributed by atoms with Crippen LogP contribution in [0.2, 0.25) is 0 Å². The number of nitrogens with one attached hydrogen (secondary N) is 1. The van der Waals surface area contributed by atoms with E-state index in [0.717, 1.165) is 11.3 Å². The first-order valence-electron chi connectivity index (χ1n) is 8.00. The molecule has 0 radical (unpaired) electrons. The molecule has 0 bridgehead atoms. The largest absolute Gasteiger partial charge is 0.496 e. The van der Waals surface area contributed by atoms with Gasteiger partial charge >= 0.3 is 5.97 Å². The molecule has 0 fully saturated rings. The van der Waals surface area contributed by atoms with E-state index in [2.05, 4.69) is 5.32 Å². The van der Waals surface area contributed by atoms with Gasteiger partial charge in [-0.3, -0.25) is 4.79 Å². The Morgan fingerprint density at radius 2 is 1.85 bits per heavy atom. The van der Waals surface area contributed by atoms with Crippen molar-refractivity contribution < 1.29 is 19.4 Å². The lowest BCUT2D eigenvalue weighted by Crippen LogP contribution is -2.23. The highest BCUT2D eigenvalue weighted by Gasteiger charge is 2.12. The Bertz CT molecular complexity index is 933. The number of benzene rings is 2. The van der Waals surface area contributed by atoms with Gasteiger partial charge in [-0.25, -0.2) is 4.79 Å². The number of carboxylic acids is 1. The summed E-state index contributed by atoms with van der Waals surface area (Å²) in [5.74, 6) is -1.00. The Balaban J connectivity index is 1.71. The maximum Gasteiger partial charge on any atom is 0.339 e. The molecule has 0 aliphatic heterocycles. The van der Waals surface area contributed by atoms with Crippen LogP contribution in [0.3, 0.4) is 0 Å². The molecule has 0 unspecified atom stereocenters. The standard InChI is InChI=1S/C20H18N2O4/c1-26-18-11-14(7-8-17(18)20(24)25)13-21-19(23)15-5-4-6-16(12-15)22-9-2-3-10-22/h2-12H,13H2,1H3,(H,21,23)(H,24,25). The second-order valence-corrected chi connectivity index (χ2v) is 5.66. The van der Waals surface area contributed by atoms with Gasteiger partial charge in [-0.2, -0.15) is 0 Å². The zero-order valence-electron chi connectivity index (χ0n) is 14.2. The zero-order chi connectivity index (χ0) is 18.5. The highest BCUT2D eigenvalue weighted by atomic mass is 16.5. The van der Waals surface area contributed by atoms with Gasteiger partial charge in [0, 0.05) is 30.2 Å². The van der Waals surface area contributed by atoms with Crippen molar-refractivity contribution in [3.63, 3.8) is 0 Å². The Labute approximate surface area is 150 Å². The van der Waals surface area contributed by atoms with E-state index >= 15 is 0 Å². The van der Waals surface area contributed by atoms with Crippen LogP contribution in [0, 0.1) is 0 Å². The number of carbonyl (C=O) groups is 2. The molecule has 1 amide bonds.